The summed E-state index contributed by atoms with van der Waals surface area (Å²) in [6.07, 6.45) is 0. The predicted octanol–water partition coefficient (Wildman–Crippen LogP) is 1.34. The van der Waals surface area contributed by atoms with Crippen molar-refractivity contribution in [2.75, 3.05) is 0 Å². The van der Waals surface area contributed by atoms with Gasteiger partial charge in [0.15, 0.2) is 0 Å². The van der Waals surface area contributed by atoms with E-state index >= 15 is 0 Å². The number of para-hydroxylation sites is 1. The summed E-state index contributed by atoms with van der Waals surface area (Å²) in [5.74, 6) is 0. The van der Waals surface area contributed by atoms with Crippen LogP contribution in [0.2, 0.25) is 0 Å². The van der Waals surface area contributed by atoms with E-state index < -0.39 is 0 Å². The van der Waals surface area contributed by atoms with Crippen molar-refractivity contribution < 1.29 is 18.3 Å². The average molecular weight is 182 g/mol. The van der Waals surface area contributed by atoms with Gasteiger partial charge in [0.2, 0.25) is 0 Å². The third-order valence-corrected chi connectivity index (χ3v) is 2.38. The zero-order chi connectivity index (χ0) is 6.97. The minimum atomic E-state index is 1.20. The van der Waals surface area contributed by atoms with E-state index in [0.717, 1.165) is 0 Å². The third-order valence-electron chi connectivity index (χ3n) is 1.59. The summed E-state index contributed by atoms with van der Waals surface area (Å²) in [5.41, 5.74) is 1.25. The monoisotopic (exact) mass is 180 g/mol. The first-order valence-corrected chi connectivity index (χ1v) is 4.74. The Morgan fingerprint density at radius 1 is 1.20 bits per heavy atom. The number of benzene rings is 1. The van der Waals surface area contributed by atoms with Crippen molar-refractivity contribution in [3.05, 3.63) is 30.3 Å². The van der Waals surface area contributed by atoms with Gasteiger partial charge in [-0.2, -0.15) is 0 Å². The van der Waals surface area contributed by atoms with Crippen molar-refractivity contribution in [1.82, 2.24) is 4.98 Å². The number of hydrogen-bond donors (Lipinski definition) is 1. The van der Waals surface area contributed by atoms with Gasteiger partial charge in [-0.1, -0.05) is 0 Å². The summed E-state index contributed by atoms with van der Waals surface area (Å²) < 4.78 is 1.35. The van der Waals surface area contributed by atoms with Crippen LogP contribution >= 0.6 is 0 Å². The number of H-pyrrole nitrogens is 1. The molecule has 2 aromatic rings. The molecule has 0 spiro atoms. The molecular weight excluding hydrogens is 175 g/mol. The van der Waals surface area contributed by atoms with Crippen LogP contribution in [0.1, 0.15) is 0 Å². The Morgan fingerprint density at radius 3 is 2.80 bits per heavy atom. The number of nitrogens with one attached hydrogen (secondary N) is 1. The molecule has 1 N–H and O–H groups in total. The quantitative estimate of drug-likeness (QED) is 0.591. The van der Waals surface area contributed by atoms with Crippen molar-refractivity contribution in [1.29, 1.82) is 0 Å². The van der Waals surface area contributed by atoms with Crippen molar-refractivity contribution in [3.8, 4) is 0 Å². The average Bonchev–Trinajstić information content (AvgIpc) is 2.27. The molecule has 1 aromatic heterocycles. The molecule has 0 radical (unpaired) electrons. The Balaban J connectivity index is 2.88. The van der Waals surface area contributed by atoms with Crippen LogP contribution in [0.15, 0.2) is 30.3 Å². The van der Waals surface area contributed by atoms with E-state index in [2.05, 4.69) is 35.3 Å². The van der Waals surface area contributed by atoms with Crippen molar-refractivity contribution in [2.24, 2.45) is 0 Å². The molecule has 0 aliphatic heterocycles. The molecule has 0 aliphatic rings. The van der Waals surface area contributed by atoms with E-state index in [4.69, 9.17) is 0 Å². The van der Waals surface area contributed by atoms with Crippen LogP contribution in [0.4, 0.5) is 0 Å². The maximum atomic E-state index is 3.31. The van der Waals surface area contributed by atoms with Crippen LogP contribution in [-0.4, -0.2) is 4.98 Å². The fourth-order valence-corrected chi connectivity index (χ4v) is 1.99. The molecule has 1 heterocycles. The molecule has 0 saturated heterocycles. The van der Waals surface area contributed by atoms with Gasteiger partial charge in [0, 0.05) is 0 Å². The van der Waals surface area contributed by atoms with Gasteiger partial charge in [-0.15, -0.1) is 0 Å². The molecule has 0 aliphatic carbocycles. The molecule has 1 aromatic carbocycles. The Morgan fingerprint density at radius 2 is 2.00 bits per heavy atom. The minimum absolute atomic E-state index is 1.20. The normalized spacial score (nSPS) is 10.6. The molecule has 2 rings (SSSR count). The Kier molecular flexibility index (Phi) is 1.35. The fourth-order valence-electron chi connectivity index (χ4n) is 1.13. The molecule has 45 valence electrons. The van der Waals surface area contributed by atoms with Crippen molar-refractivity contribution in [3.63, 3.8) is 0 Å². The van der Waals surface area contributed by atoms with E-state index in [-0.39, 0.29) is 0 Å². The van der Waals surface area contributed by atoms with Crippen molar-refractivity contribution in [2.45, 2.75) is 0 Å². The van der Waals surface area contributed by atoms with E-state index in [9.17, 15) is 0 Å². The predicted molar refractivity (Wildman–Crippen MR) is 37.9 cm³/mol. The van der Waals surface area contributed by atoms with E-state index in [0.29, 0.717) is 0 Å². The fraction of sp³-hybridized carbons (Fsp3) is 0. The third kappa shape index (κ3) is 0.890. The van der Waals surface area contributed by atoms with Crippen LogP contribution in [0.25, 0.3) is 10.9 Å². The molecule has 1 nitrogen and oxygen atoms in total. The van der Waals surface area contributed by atoms with Gasteiger partial charge < -0.3 is 0 Å². The summed E-state index contributed by atoms with van der Waals surface area (Å²) in [6.45, 7) is 0. The van der Waals surface area contributed by atoms with Gasteiger partial charge in [0.1, 0.15) is 0 Å². The Hall–Kier alpha value is -0.617. The zero-order valence-corrected chi connectivity index (χ0v) is 8.56. The van der Waals surface area contributed by atoms with Crippen LogP contribution in [0.5, 0.6) is 0 Å². The summed E-state index contributed by atoms with van der Waals surface area (Å²) in [6, 6.07) is 10.6. The van der Waals surface area contributed by atoms with Gasteiger partial charge in [-0.25, -0.2) is 0 Å². The molecule has 10 heavy (non-hydrogen) atoms. The van der Waals surface area contributed by atoms with Gasteiger partial charge in [-0.3, -0.25) is 0 Å². The maximum absolute atomic E-state index is 3.31. The summed E-state index contributed by atoms with van der Waals surface area (Å²) in [7, 11) is 0. The SMILES string of the molecule is [Zn][c]1cc2ccccc2[nH]1. The summed E-state index contributed by atoms with van der Waals surface area (Å²) in [4.78, 5) is 3.31. The van der Waals surface area contributed by atoms with Gasteiger partial charge in [0.25, 0.3) is 0 Å². The van der Waals surface area contributed by atoms with E-state index in [1.165, 1.54) is 33.5 Å². The van der Waals surface area contributed by atoms with Crippen LogP contribution < -0.4 is 4.29 Å². The van der Waals surface area contributed by atoms with Gasteiger partial charge >= 0.3 is 68.8 Å². The topological polar surface area (TPSA) is 15.8 Å². The van der Waals surface area contributed by atoms with E-state index in [1.807, 2.05) is 0 Å². The Bertz CT molecular complexity index is 318. The Labute approximate surface area is 69.1 Å². The molecule has 0 atom stereocenters. The van der Waals surface area contributed by atoms with Crippen LogP contribution in [-0.2, 0) is 18.3 Å². The number of hydrogen-bond acceptors (Lipinski definition) is 0. The van der Waals surface area contributed by atoms with Crippen LogP contribution in [0.3, 0.4) is 0 Å². The first-order chi connectivity index (χ1) is 4.86. The van der Waals surface area contributed by atoms with Crippen LogP contribution in [0, 0.1) is 0 Å². The van der Waals surface area contributed by atoms with E-state index in [1.54, 1.807) is 0 Å². The molecule has 0 fully saturated rings. The number of aromatic nitrogens is 1. The number of fused-ring (bicyclic) bond motifs is 1. The second-order valence-electron chi connectivity index (χ2n) is 2.38. The number of rotatable bonds is 0. The molecule has 0 unspecified atom stereocenters. The molecule has 0 saturated carbocycles. The summed E-state index contributed by atoms with van der Waals surface area (Å²) in [5, 5.41) is 1.32. The second-order valence-corrected chi connectivity index (χ2v) is 3.98. The first kappa shape index (κ1) is 6.12. The van der Waals surface area contributed by atoms with Gasteiger partial charge in [-0.05, 0) is 0 Å². The summed E-state index contributed by atoms with van der Waals surface area (Å²) >= 11 is 1.20. The van der Waals surface area contributed by atoms with Crippen molar-refractivity contribution >= 4 is 15.2 Å². The molecule has 0 bridgehead atoms. The zero-order valence-electron chi connectivity index (χ0n) is 5.59. The number of aromatic amines is 1. The molecule has 0 amide bonds. The van der Waals surface area contributed by atoms with Gasteiger partial charge in [0.05, 0.1) is 0 Å². The first-order valence-electron chi connectivity index (χ1n) is 3.26. The second kappa shape index (κ2) is 2.21. The molecule has 2 heteroatoms. The standard InChI is InChI=1S/C8H6N.Zn/c1-2-4-8-7(3-1)5-6-9-8;/h1-5,9H;. The molecular formula is C8H6NZn.